The molecule has 0 aliphatic heterocycles. The van der Waals surface area contributed by atoms with Gasteiger partial charge in [-0.15, -0.1) is 0 Å². The van der Waals surface area contributed by atoms with Crippen LogP contribution in [0.1, 0.15) is 0 Å². The topological polar surface area (TPSA) is 69.9 Å². The predicted molar refractivity (Wildman–Crippen MR) is 230 cm³/mol. The second kappa shape index (κ2) is 12.3. The fourth-order valence-electron chi connectivity index (χ4n) is 8.50. The Morgan fingerprint density at radius 3 is 1.56 bits per heavy atom. The lowest BCUT2D eigenvalue weighted by molar-refractivity contribution is 0.668. The molecule has 4 aromatic heterocycles. The van der Waals surface area contributed by atoms with Crippen LogP contribution in [0.25, 0.3) is 117 Å². The van der Waals surface area contributed by atoms with E-state index in [-0.39, 0.29) is 0 Å². The Kier molecular flexibility index (Phi) is 6.83. The van der Waals surface area contributed by atoms with Gasteiger partial charge in [0.2, 0.25) is 0 Å². The highest BCUT2D eigenvalue weighted by Gasteiger charge is 2.21. The van der Waals surface area contributed by atoms with Gasteiger partial charge in [-0.3, -0.25) is 0 Å². The molecule has 12 rings (SSSR count). The highest BCUT2D eigenvalue weighted by Crippen LogP contribution is 2.43. The Morgan fingerprint density at radius 1 is 0.351 bits per heavy atom. The van der Waals surface area contributed by atoms with E-state index in [1.165, 1.54) is 10.8 Å². The number of hydrogen-bond acceptors (Lipinski definition) is 5. The third kappa shape index (κ3) is 4.87. The molecule has 57 heavy (non-hydrogen) atoms. The number of furan rings is 2. The van der Waals surface area contributed by atoms with Crippen LogP contribution in [-0.2, 0) is 0 Å². The summed E-state index contributed by atoms with van der Waals surface area (Å²) in [5.41, 5.74) is 11.2. The summed E-state index contributed by atoms with van der Waals surface area (Å²) in [6.45, 7) is 0. The summed E-state index contributed by atoms with van der Waals surface area (Å²) in [5.74, 6) is 1.76. The molecule has 0 N–H and O–H groups in total. The van der Waals surface area contributed by atoms with Gasteiger partial charge in [0.25, 0.3) is 0 Å². The van der Waals surface area contributed by atoms with E-state index in [4.69, 9.17) is 23.8 Å². The molecule has 0 aliphatic carbocycles. The summed E-state index contributed by atoms with van der Waals surface area (Å²) in [6, 6.07) is 62.6. The van der Waals surface area contributed by atoms with Crippen LogP contribution in [0, 0.1) is 0 Å². The predicted octanol–water partition coefficient (Wildman–Crippen LogP) is 13.4. The van der Waals surface area contributed by atoms with E-state index in [1.54, 1.807) is 0 Å². The number of fused-ring (bicyclic) bond motifs is 9. The minimum atomic E-state index is 0.552. The maximum absolute atomic E-state index is 6.90. The van der Waals surface area contributed by atoms with Gasteiger partial charge < -0.3 is 13.4 Å². The molecule has 0 atom stereocenters. The standard InChI is InChI=1S/C51H30N4O2/c1-3-14-31(15-4-1)49-52-50(32-16-5-2-6-17-32)54-51(53-49)40-23-12-22-38-37-21-11-20-34(47(37)57-48(38)40)33-28-29-39-45(30-33)56-44-27-13-26-43(46(39)44)55-41-24-9-7-18-35(41)36-19-8-10-25-42(36)55/h1-30H. The molecule has 0 unspecified atom stereocenters. The molecular weight excluding hydrogens is 701 g/mol. The third-order valence-electron chi connectivity index (χ3n) is 11.1. The average molecular weight is 731 g/mol. The Morgan fingerprint density at radius 2 is 0.895 bits per heavy atom. The molecule has 0 saturated carbocycles. The van der Waals surface area contributed by atoms with Crippen LogP contribution >= 0.6 is 0 Å². The van der Waals surface area contributed by atoms with Gasteiger partial charge in [-0.25, -0.2) is 15.0 Å². The number of aromatic nitrogens is 4. The first-order chi connectivity index (χ1) is 28.3. The zero-order valence-corrected chi connectivity index (χ0v) is 30.4. The number of benzene rings is 8. The molecular formula is C51H30N4O2. The summed E-state index contributed by atoms with van der Waals surface area (Å²) in [5, 5.41) is 6.61. The van der Waals surface area contributed by atoms with Gasteiger partial charge in [-0.1, -0.05) is 140 Å². The second-order valence-electron chi connectivity index (χ2n) is 14.3. The maximum atomic E-state index is 6.90. The molecule has 0 aliphatic rings. The first-order valence-corrected chi connectivity index (χ1v) is 19.0. The van der Waals surface area contributed by atoms with E-state index < -0.39 is 0 Å². The fourth-order valence-corrected chi connectivity index (χ4v) is 8.50. The summed E-state index contributed by atoms with van der Waals surface area (Å²) in [4.78, 5) is 14.9. The van der Waals surface area contributed by atoms with Crippen molar-refractivity contribution in [1.29, 1.82) is 0 Å². The summed E-state index contributed by atoms with van der Waals surface area (Å²) in [7, 11) is 0. The molecule has 6 nitrogen and oxygen atoms in total. The molecule has 0 spiro atoms. The van der Waals surface area contributed by atoms with Gasteiger partial charge in [0, 0.05) is 43.6 Å². The van der Waals surface area contributed by atoms with Crippen molar-refractivity contribution < 1.29 is 8.83 Å². The monoisotopic (exact) mass is 730 g/mol. The lowest BCUT2D eigenvalue weighted by Crippen LogP contribution is -2.00. The number of hydrogen-bond donors (Lipinski definition) is 0. The first kappa shape index (κ1) is 31.5. The molecule has 266 valence electrons. The highest BCUT2D eigenvalue weighted by atomic mass is 16.3. The third-order valence-corrected chi connectivity index (χ3v) is 11.1. The van der Waals surface area contributed by atoms with Crippen LogP contribution in [-0.4, -0.2) is 19.5 Å². The molecule has 8 aromatic carbocycles. The normalized spacial score (nSPS) is 11.9. The van der Waals surface area contributed by atoms with Crippen LogP contribution in [0.2, 0.25) is 0 Å². The van der Waals surface area contributed by atoms with Crippen molar-refractivity contribution in [2.24, 2.45) is 0 Å². The Labute approximate surface area is 325 Å². The van der Waals surface area contributed by atoms with E-state index in [9.17, 15) is 0 Å². The van der Waals surface area contributed by atoms with E-state index in [0.29, 0.717) is 17.5 Å². The summed E-state index contributed by atoms with van der Waals surface area (Å²) >= 11 is 0. The second-order valence-corrected chi connectivity index (χ2v) is 14.3. The molecule has 4 heterocycles. The van der Waals surface area contributed by atoms with Crippen LogP contribution < -0.4 is 0 Å². The van der Waals surface area contributed by atoms with Crippen molar-refractivity contribution in [3.05, 3.63) is 182 Å². The van der Waals surface area contributed by atoms with Crippen LogP contribution in [0.5, 0.6) is 0 Å². The lowest BCUT2D eigenvalue weighted by Gasteiger charge is -2.09. The van der Waals surface area contributed by atoms with Gasteiger partial charge in [-0.2, -0.15) is 0 Å². The molecule has 12 aromatic rings. The number of para-hydroxylation sites is 4. The minimum Gasteiger partial charge on any atom is -0.456 e. The highest BCUT2D eigenvalue weighted by molar-refractivity contribution is 6.16. The average Bonchev–Trinajstić information content (AvgIpc) is 3.96. The molecule has 0 saturated heterocycles. The Balaban J connectivity index is 1.02. The SMILES string of the molecule is c1ccc(-c2nc(-c3ccccc3)nc(-c3cccc4c3oc3c(-c5ccc6c(c5)oc5cccc(-n7c8ccccc8c8ccccc87)c56)cccc34)n2)cc1. The fraction of sp³-hybridized carbons (Fsp3) is 0. The maximum Gasteiger partial charge on any atom is 0.167 e. The van der Waals surface area contributed by atoms with Gasteiger partial charge in [0.1, 0.15) is 22.3 Å². The molecule has 0 amide bonds. The van der Waals surface area contributed by atoms with Crippen molar-refractivity contribution in [1.82, 2.24) is 19.5 Å². The quantitative estimate of drug-likeness (QED) is 0.176. The Hall–Kier alpha value is -7.83. The van der Waals surface area contributed by atoms with E-state index in [2.05, 4.69) is 114 Å². The minimum absolute atomic E-state index is 0.552. The Bertz CT molecular complexity index is 3410. The summed E-state index contributed by atoms with van der Waals surface area (Å²) < 4.78 is 15.9. The van der Waals surface area contributed by atoms with Gasteiger partial charge in [0.05, 0.1) is 27.7 Å². The van der Waals surface area contributed by atoms with Crippen molar-refractivity contribution >= 4 is 65.7 Å². The number of nitrogens with zero attached hydrogens (tertiary/aromatic N) is 4. The van der Waals surface area contributed by atoms with E-state index in [1.807, 2.05) is 72.8 Å². The molecule has 0 radical (unpaired) electrons. The van der Waals surface area contributed by atoms with E-state index in [0.717, 1.165) is 88.4 Å². The van der Waals surface area contributed by atoms with Gasteiger partial charge >= 0.3 is 0 Å². The largest absolute Gasteiger partial charge is 0.456 e. The molecule has 0 bridgehead atoms. The smallest absolute Gasteiger partial charge is 0.167 e. The lowest BCUT2D eigenvalue weighted by atomic mass is 10.0. The zero-order valence-electron chi connectivity index (χ0n) is 30.4. The number of rotatable bonds is 5. The van der Waals surface area contributed by atoms with Crippen molar-refractivity contribution in [2.75, 3.05) is 0 Å². The molecule has 6 heteroatoms. The van der Waals surface area contributed by atoms with E-state index >= 15 is 0 Å². The zero-order chi connectivity index (χ0) is 37.5. The van der Waals surface area contributed by atoms with Crippen LogP contribution in [0.15, 0.2) is 191 Å². The van der Waals surface area contributed by atoms with Crippen LogP contribution in [0.3, 0.4) is 0 Å². The summed E-state index contributed by atoms with van der Waals surface area (Å²) in [6.07, 6.45) is 0. The van der Waals surface area contributed by atoms with Gasteiger partial charge in [-0.05, 0) is 48.0 Å². The first-order valence-electron chi connectivity index (χ1n) is 19.0. The molecule has 0 fully saturated rings. The van der Waals surface area contributed by atoms with Crippen molar-refractivity contribution in [2.45, 2.75) is 0 Å². The van der Waals surface area contributed by atoms with Gasteiger partial charge in [0.15, 0.2) is 17.5 Å². The van der Waals surface area contributed by atoms with Crippen molar-refractivity contribution in [3.63, 3.8) is 0 Å². The van der Waals surface area contributed by atoms with Crippen molar-refractivity contribution in [3.8, 4) is 51.0 Å². The van der Waals surface area contributed by atoms with Crippen LogP contribution in [0.4, 0.5) is 0 Å².